The highest BCUT2D eigenvalue weighted by atomic mass is 32.1. The summed E-state index contributed by atoms with van der Waals surface area (Å²) in [7, 11) is 1.97. The molecule has 0 fully saturated rings. The van der Waals surface area contributed by atoms with E-state index in [9.17, 15) is 4.79 Å². The highest BCUT2D eigenvalue weighted by Gasteiger charge is 2.16. The van der Waals surface area contributed by atoms with Crippen molar-refractivity contribution < 1.29 is 14.4 Å². The van der Waals surface area contributed by atoms with Crippen LogP contribution in [0.15, 0.2) is 28.1 Å². The smallest absolute Gasteiger partial charge is 0.358 e. The van der Waals surface area contributed by atoms with Crippen LogP contribution in [0, 0.1) is 0 Å². The van der Waals surface area contributed by atoms with Gasteiger partial charge in [0.25, 0.3) is 0 Å². The standard InChI is InChI=1S/C12H14N2O3S/c1-8(11-4-3-5-18-11)14(2)7-9-6-10(12(15)16)13-17-9/h3-6,8H,7H2,1-2H3,(H,15,16). The van der Waals surface area contributed by atoms with E-state index >= 15 is 0 Å². The summed E-state index contributed by atoms with van der Waals surface area (Å²) in [4.78, 5) is 14.0. The predicted molar refractivity (Wildman–Crippen MR) is 67.7 cm³/mol. The Hall–Kier alpha value is -1.66. The third kappa shape index (κ3) is 2.77. The zero-order valence-corrected chi connectivity index (χ0v) is 11.0. The Labute approximate surface area is 109 Å². The van der Waals surface area contributed by atoms with Gasteiger partial charge < -0.3 is 9.63 Å². The first-order valence-corrected chi connectivity index (χ1v) is 6.38. The molecule has 2 rings (SSSR count). The van der Waals surface area contributed by atoms with Gasteiger partial charge in [-0.3, -0.25) is 4.90 Å². The summed E-state index contributed by atoms with van der Waals surface area (Å²) in [5, 5.41) is 14.3. The van der Waals surface area contributed by atoms with Crippen molar-refractivity contribution in [2.24, 2.45) is 0 Å². The summed E-state index contributed by atoms with van der Waals surface area (Å²) in [6, 6.07) is 5.80. The van der Waals surface area contributed by atoms with Gasteiger partial charge in [-0.15, -0.1) is 11.3 Å². The van der Waals surface area contributed by atoms with Crippen molar-refractivity contribution in [1.82, 2.24) is 10.1 Å². The van der Waals surface area contributed by atoms with Crippen molar-refractivity contribution in [3.63, 3.8) is 0 Å². The summed E-state index contributed by atoms with van der Waals surface area (Å²) >= 11 is 1.70. The Kier molecular flexibility index (Phi) is 3.78. The molecule has 0 aliphatic heterocycles. The molecular weight excluding hydrogens is 252 g/mol. The van der Waals surface area contributed by atoms with E-state index in [0.29, 0.717) is 12.3 Å². The molecule has 2 heterocycles. The van der Waals surface area contributed by atoms with Crippen LogP contribution in [0.4, 0.5) is 0 Å². The van der Waals surface area contributed by atoms with Gasteiger partial charge >= 0.3 is 5.97 Å². The van der Waals surface area contributed by atoms with Gasteiger partial charge in [0, 0.05) is 17.0 Å². The minimum atomic E-state index is -1.07. The molecule has 5 nitrogen and oxygen atoms in total. The molecule has 0 bridgehead atoms. The molecule has 0 radical (unpaired) electrons. The van der Waals surface area contributed by atoms with Crippen LogP contribution >= 0.6 is 11.3 Å². The monoisotopic (exact) mass is 266 g/mol. The number of aromatic nitrogens is 1. The topological polar surface area (TPSA) is 66.6 Å². The fraction of sp³-hybridized carbons (Fsp3) is 0.333. The van der Waals surface area contributed by atoms with E-state index in [2.05, 4.69) is 23.0 Å². The van der Waals surface area contributed by atoms with Crippen molar-refractivity contribution >= 4 is 17.3 Å². The van der Waals surface area contributed by atoms with E-state index in [0.717, 1.165) is 0 Å². The first-order chi connectivity index (χ1) is 8.58. The maximum absolute atomic E-state index is 10.7. The summed E-state index contributed by atoms with van der Waals surface area (Å²) in [5.74, 6) is -0.516. The second-order valence-corrected chi connectivity index (χ2v) is 5.07. The van der Waals surface area contributed by atoms with E-state index in [1.54, 1.807) is 11.3 Å². The number of rotatable bonds is 5. The van der Waals surface area contributed by atoms with Crippen LogP contribution in [0.3, 0.4) is 0 Å². The van der Waals surface area contributed by atoms with Crippen LogP contribution in [0.5, 0.6) is 0 Å². The molecule has 0 amide bonds. The van der Waals surface area contributed by atoms with Gasteiger partial charge in [0.05, 0.1) is 6.54 Å². The average Bonchev–Trinajstić information content (AvgIpc) is 2.98. The van der Waals surface area contributed by atoms with Crippen LogP contribution < -0.4 is 0 Å². The van der Waals surface area contributed by atoms with E-state index in [4.69, 9.17) is 9.63 Å². The molecule has 0 saturated carbocycles. The number of thiophene rings is 1. The number of carboxylic acids is 1. The second kappa shape index (κ2) is 5.32. The van der Waals surface area contributed by atoms with E-state index in [1.165, 1.54) is 10.9 Å². The Bertz CT molecular complexity index is 521. The van der Waals surface area contributed by atoms with Gasteiger partial charge in [0.1, 0.15) is 0 Å². The summed E-state index contributed by atoms with van der Waals surface area (Å²) in [5.41, 5.74) is -0.0535. The highest BCUT2D eigenvalue weighted by Crippen LogP contribution is 2.24. The van der Waals surface area contributed by atoms with Gasteiger partial charge in [0.15, 0.2) is 11.5 Å². The molecule has 0 aliphatic rings. The van der Waals surface area contributed by atoms with Crippen LogP contribution in [-0.2, 0) is 6.54 Å². The third-order valence-electron chi connectivity index (χ3n) is 2.80. The fourth-order valence-corrected chi connectivity index (χ4v) is 2.47. The van der Waals surface area contributed by atoms with Crippen molar-refractivity contribution in [3.05, 3.63) is 39.9 Å². The molecule has 18 heavy (non-hydrogen) atoms. The molecule has 1 unspecified atom stereocenters. The first kappa shape index (κ1) is 12.8. The zero-order chi connectivity index (χ0) is 13.1. The SMILES string of the molecule is CC(c1cccs1)N(C)Cc1cc(C(=O)O)no1. The van der Waals surface area contributed by atoms with Gasteiger partial charge in [0.2, 0.25) is 0 Å². The van der Waals surface area contributed by atoms with Crippen molar-refractivity contribution in [2.75, 3.05) is 7.05 Å². The lowest BCUT2D eigenvalue weighted by molar-refractivity contribution is 0.0685. The maximum Gasteiger partial charge on any atom is 0.358 e. The second-order valence-electron chi connectivity index (χ2n) is 4.09. The van der Waals surface area contributed by atoms with Gasteiger partial charge in [-0.2, -0.15) is 0 Å². The lowest BCUT2D eigenvalue weighted by atomic mass is 10.2. The number of carboxylic acid groups (broad SMARTS) is 1. The Morgan fingerprint density at radius 2 is 2.44 bits per heavy atom. The van der Waals surface area contributed by atoms with Crippen molar-refractivity contribution in [2.45, 2.75) is 19.5 Å². The average molecular weight is 266 g/mol. The first-order valence-electron chi connectivity index (χ1n) is 5.50. The molecule has 0 saturated heterocycles. The minimum Gasteiger partial charge on any atom is -0.476 e. The normalized spacial score (nSPS) is 12.8. The summed E-state index contributed by atoms with van der Waals surface area (Å²) < 4.78 is 5.00. The quantitative estimate of drug-likeness (QED) is 0.901. The van der Waals surface area contributed by atoms with Crippen molar-refractivity contribution in [3.8, 4) is 0 Å². The fourth-order valence-electron chi connectivity index (χ4n) is 1.62. The number of nitrogens with zero attached hydrogens (tertiary/aromatic N) is 2. The van der Waals surface area contributed by atoms with E-state index in [1.807, 2.05) is 18.5 Å². The number of hydrogen-bond donors (Lipinski definition) is 1. The van der Waals surface area contributed by atoms with Gasteiger partial charge in [-0.1, -0.05) is 11.2 Å². The van der Waals surface area contributed by atoms with Crippen molar-refractivity contribution in [1.29, 1.82) is 0 Å². The molecule has 96 valence electrons. The van der Waals surface area contributed by atoms with E-state index < -0.39 is 5.97 Å². The third-order valence-corrected chi connectivity index (χ3v) is 3.84. The van der Waals surface area contributed by atoms with Gasteiger partial charge in [-0.05, 0) is 25.4 Å². The molecule has 1 N–H and O–H groups in total. The van der Waals surface area contributed by atoms with Crippen LogP contribution in [-0.4, -0.2) is 28.2 Å². The van der Waals surface area contributed by atoms with Crippen LogP contribution in [0.25, 0.3) is 0 Å². The molecule has 0 aromatic carbocycles. The molecular formula is C12H14N2O3S. The highest BCUT2D eigenvalue weighted by molar-refractivity contribution is 7.10. The minimum absolute atomic E-state index is 0.0535. The van der Waals surface area contributed by atoms with Crippen LogP contribution in [0.1, 0.15) is 34.1 Å². The summed E-state index contributed by atoms with van der Waals surface area (Å²) in [6.45, 7) is 2.62. The molecule has 0 spiro atoms. The maximum atomic E-state index is 10.7. The Morgan fingerprint density at radius 1 is 1.67 bits per heavy atom. The van der Waals surface area contributed by atoms with Gasteiger partial charge in [-0.25, -0.2) is 4.79 Å². The molecule has 1 atom stereocenters. The Morgan fingerprint density at radius 3 is 3.00 bits per heavy atom. The number of hydrogen-bond acceptors (Lipinski definition) is 5. The molecule has 6 heteroatoms. The Balaban J connectivity index is 2.02. The molecule has 2 aromatic rings. The molecule has 2 aromatic heterocycles. The van der Waals surface area contributed by atoms with Crippen LogP contribution in [0.2, 0.25) is 0 Å². The zero-order valence-electron chi connectivity index (χ0n) is 10.2. The lowest BCUT2D eigenvalue weighted by Gasteiger charge is -2.22. The lowest BCUT2D eigenvalue weighted by Crippen LogP contribution is -2.20. The predicted octanol–water partition coefficient (Wildman–Crippen LogP) is 2.63. The number of carbonyl (C=O) groups is 1. The van der Waals surface area contributed by atoms with E-state index in [-0.39, 0.29) is 11.7 Å². The summed E-state index contributed by atoms with van der Waals surface area (Å²) in [6.07, 6.45) is 0. The molecule has 0 aliphatic carbocycles. The largest absolute Gasteiger partial charge is 0.476 e. The number of aromatic carboxylic acids is 1.